The molecule has 2 saturated heterocycles. The van der Waals surface area contributed by atoms with E-state index >= 15 is 0 Å². The highest BCUT2D eigenvalue weighted by molar-refractivity contribution is 5.76. The zero-order valence-corrected chi connectivity index (χ0v) is 13.1. The Balaban J connectivity index is 1.41. The van der Waals surface area contributed by atoms with Crippen LogP contribution in [0.25, 0.3) is 0 Å². The second-order valence-electron chi connectivity index (χ2n) is 6.17. The minimum absolute atomic E-state index is 0.265. The molecule has 1 aromatic heterocycles. The van der Waals surface area contributed by atoms with Crippen LogP contribution in [-0.4, -0.2) is 76.4 Å². The summed E-state index contributed by atoms with van der Waals surface area (Å²) in [7, 11) is 0. The summed E-state index contributed by atoms with van der Waals surface area (Å²) in [5.41, 5.74) is 0. The third kappa shape index (κ3) is 4.27. The molecular formula is C15H25N5O2. The number of piperidine rings is 1. The maximum absolute atomic E-state index is 12.2. The number of hydrogen-bond donors (Lipinski definition) is 0. The van der Waals surface area contributed by atoms with Crippen molar-refractivity contribution in [3.8, 4) is 0 Å². The molecule has 1 amide bonds. The van der Waals surface area contributed by atoms with Gasteiger partial charge in [-0.2, -0.15) is 5.10 Å². The number of nitrogens with zero attached hydrogens (tertiary/aromatic N) is 5. The molecule has 7 nitrogen and oxygen atoms in total. The van der Waals surface area contributed by atoms with Crippen LogP contribution in [0, 0.1) is 5.92 Å². The smallest absolute Gasteiger partial charge is 0.224 e. The van der Waals surface area contributed by atoms with Gasteiger partial charge in [0.15, 0.2) is 0 Å². The average molecular weight is 307 g/mol. The topological polar surface area (TPSA) is 63.5 Å². The van der Waals surface area contributed by atoms with Crippen molar-refractivity contribution in [3.05, 3.63) is 12.7 Å². The monoisotopic (exact) mass is 307 g/mol. The molecular weight excluding hydrogens is 282 g/mol. The number of ether oxygens (including phenoxy) is 1. The lowest BCUT2D eigenvalue weighted by Crippen LogP contribution is -2.43. The van der Waals surface area contributed by atoms with Gasteiger partial charge in [-0.3, -0.25) is 9.48 Å². The van der Waals surface area contributed by atoms with Crippen LogP contribution in [0.4, 0.5) is 0 Å². The van der Waals surface area contributed by atoms with Crippen molar-refractivity contribution in [1.29, 1.82) is 0 Å². The van der Waals surface area contributed by atoms with Crippen LogP contribution in [0.1, 0.15) is 19.3 Å². The summed E-state index contributed by atoms with van der Waals surface area (Å²) in [6.07, 6.45) is 6.41. The van der Waals surface area contributed by atoms with Crippen molar-refractivity contribution in [2.75, 3.05) is 45.9 Å². The van der Waals surface area contributed by atoms with Gasteiger partial charge in [-0.05, 0) is 25.3 Å². The predicted molar refractivity (Wildman–Crippen MR) is 81.2 cm³/mol. The first-order valence-corrected chi connectivity index (χ1v) is 8.21. The van der Waals surface area contributed by atoms with Crippen molar-refractivity contribution in [1.82, 2.24) is 24.6 Å². The van der Waals surface area contributed by atoms with Crippen molar-refractivity contribution >= 4 is 5.91 Å². The third-order valence-corrected chi connectivity index (χ3v) is 4.52. The number of amides is 1. The van der Waals surface area contributed by atoms with Crippen molar-refractivity contribution in [2.24, 2.45) is 5.92 Å². The molecule has 2 fully saturated rings. The lowest BCUT2D eigenvalue weighted by Gasteiger charge is -2.33. The van der Waals surface area contributed by atoms with Gasteiger partial charge in [0.25, 0.3) is 0 Å². The Morgan fingerprint density at radius 2 is 2.14 bits per heavy atom. The van der Waals surface area contributed by atoms with Gasteiger partial charge in [-0.25, -0.2) is 4.98 Å². The Kier molecular flexibility index (Phi) is 5.39. The van der Waals surface area contributed by atoms with E-state index in [-0.39, 0.29) is 5.91 Å². The largest absolute Gasteiger partial charge is 0.378 e. The minimum Gasteiger partial charge on any atom is -0.378 e. The first kappa shape index (κ1) is 15.4. The molecule has 1 aromatic rings. The molecule has 0 aromatic carbocycles. The molecule has 0 spiro atoms. The summed E-state index contributed by atoms with van der Waals surface area (Å²) in [6, 6.07) is 0. The quantitative estimate of drug-likeness (QED) is 0.780. The normalized spacial score (nSPS) is 23.6. The first-order chi connectivity index (χ1) is 10.8. The second-order valence-corrected chi connectivity index (χ2v) is 6.17. The van der Waals surface area contributed by atoms with E-state index in [9.17, 15) is 4.79 Å². The lowest BCUT2D eigenvalue weighted by atomic mass is 9.98. The van der Waals surface area contributed by atoms with E-state index in [1.54, 1.807) is 12.7 Å². The summed E-state index contributed by atoms with van der Waals surface area (Å²) in [6.45, 7) is 6.78. The van der Waals surface area contributed by atoms with Gasteiger partial charge in [-0.1, -0.05) is 0 Å². The number of likely N-dealkylation sites (tertiary alicyclic amines) is 1. The second kappa shape index (κ2) is 7.69. The highest BCUT2D eigenvalue weighted by atomic mass is 16.5. The zero-order chi connectivity index (χ0) is 15.2. The fourth-order valence-electron chi connectivity index (χ4n) is 3.32. The summed E-state index contributed by atoms with van der Waals surface area (Å²) in [5.74, 6) is 0.871. The van der Waals surface area contributed by atoms with E-state index in [2.05, 4.69) is 15.0 Å². The SMILES string of the molecule is O=C(CCN1CCC[C@H](Cn2cncn2)C1)N1CCOCC1. The highest BCUT2D eigenvalue weighted by Crippen LogP contribution is 2.18. The zero-order valence-electron chi connectivity index (χ0n) is 13.1. The molecule has 0 N–H and O–H groups in total. The van der Waals surface area contributed by atoms with E-state index in [1.807, 2.05) is 9.58 Å². The van der Waals surface area contributed by atoms with Gasteiger partial charge in [0, 0.05) is 39.1 Å². The molecule has 22 heavy (non-hydrogen) atoms. The van der Waals surface area contributed by atoms with E-state index < -0.39 is 0 Å². The fourth-order valence-corrected chi connectivity index (χ4v) is 3.32. The number of carbonyl (C=O) groups excluding carboxylic acids is 1. The first-order valence-electron chi connectivity index (χ1n) is 8.21. The minimum atomic E-state index is 0.265. The molecule has 0 aliphatic carbocycles. The van der Waals surface area contributed by atoms with Crippen LogP contribution in [0.15, 0.2) is 12.7 Å². The van der Waals surface area contributed by atoms with Gasteiger partial charge in [0.2, 0.25) is 5.91 Å². The Morgan fingerprint density at radius 1 is 1.27 bits per heavy atom. The summed E-state index contributed by atoms with van der Waals surface area (Å²) < 4.78 is 7.20. The molecule has 0 radical (unpaired) electrons. The van der Waals surface area contributed by atoms with Crippen molar-refractivity contribution < 1.29 is 9.53 Å². The van der Waals surface area contributed by atoms with Gasteiger partial charge in [-0.15, -0.1) is 0 Å². The summed E-state index contributed by atoms with van der Waals surface area (Å²) >= 11 is 0. The standard InChI is InChI=1S/C15H25N5O2/c21-15(19-6-8-22-9-7-19)3-5-18-4-1-2-14(10-18)11-20-13-16-12-17-20/h12-14H,1-11H2/t14-/m0/s1. The van der Waals surface area contributed by atoms with Crippen molar-refractivity contribution in [3.63, 3.8) is 0 Å². The highest BCUT2D eigenvalue weighted by Gasteiger charge is 2.22. The maximum atomic E-state index is 12.2. The van der Waals surface area contributed by atoms with Crippen LogP contribution in [-0.2, 0) is 16.1 Å². The third-order valence-electron chi connectivity index (χ3n) is 4.52. The van der Waals surface area contributed by atoms with Gasteiger partial charge < -0.3 is 14.5 Å². The van der Waals surface area contributed by atoms with E-state index in [0.717, 1.165) is 39.3 Å². The number of rotatable bonds is 5. The number of carbonyl (C=O) groups is 1. The Morgan fingerprint density at radius 3 is 2.91 bits per heavy atom. The molecule has 0 unspecified atom stereocenters. The fraction of sp³-hybridized carbons (Fsp3) is 0.800. The molecule has 2 aliphatic rings. The Labute approximate surface area is 131 Å². The molecule has 0 saturated carbocycles. The van der Waals surface area contributed by atoms with Crippen LogP contribution >= 0.6 is 0 Å². The summed E-state index contributed by atoms with van der Waals surface area (Å²) in [5, 5.41) is 4.19. The maximum Gasteiger partial charge on any atom is 0.224 e. The molecule has 122 valence electrons. The molecule has 3 heterocycles. The van der Waals surface area contributed by atoms with E-state index in [4.69, 9.17) is 4.74 Å². The molecule has 1 atom stereocenters. The van der Waals surface area contributed by atoms with Crippen LogP contribution in [0.5, 0.6) is 0 Å². The van der Waals surface area contributed by atoms with Crippen LogP contribution < -0.4 is 0 Å². The van der Waals surface area contributed by atoms with E-state index in [1.165, 1.54) is 12.8 Å². The Bertz CT molecular complexity index is 459. The molecule has 3 rings (SSSR count). The molecule has 7 heteroatoms. The van der Waals surface area contributed by atoms with Crippen LogP contribution in [0.2, 0.25) is 0 Å². The van der Waals surface area contributed by atoms with Gasteiger partial charge >= 0.3 is 0 Å². The molecule has 0 bridgehead atoms. The number of morpholine rings is 1. The van der Waals surface area contributed by atoms with Crippen molar-refractivity contribution in [2.45, 2.75) is 25.8 Å². The predicted octanol–water partition coefficient (Wildman–Crippen LogP) is 0.239. The summed E-state index contributed by atoms with van der Waals surface area (Å²) in [4.78, 5) is 20.5. The Hall–Kier alpha value is -1.47. The molecule has 2 aliphatic heterocycles. The lowest BCUT2D eigenvalue weighted by molar-refractivity contribution is -0.135. The van der Waals surface area contributed by atoms with Gasteiger partial charge in [0.05, 0.1) is 13.2 Å². The van der Waals surface area contributed by atoms with Gasteiger partial charge in [0.1, 0.15) is 12.7 Å². The van der Waals surface area contributed by atoms with Crippen LogP contribution in [0.3, 0.4) is 0 Å². The van der Waals surface area contributed by atoms with E-state index in [0.29, 0.717) is 25.6 Å². The average Bonchev–Trinajstić information content (AvgIpc) is 3.07. The number of hydrogen-bond acceptors (Lipinski definition) is 5. The number of aromatic nitrogens is 3.